The summed E-state index contributed by atoms with van der Waals surface area (Å²) in [5.74, 6) is -0.991. The Morgan fingerprint density at radius 3 is 2.31 bits per heavy atom. The first-order valence-electron chi connectivity index (χ1n) is 8.99. The van der Waals surface area contributed by atoms with Gasteiger partial charge >= 0.3 is 12.4 Å². The number of nitrogens with one attached hydrogen (secondary N) is 1. The van der Waals surface area contributed by atoms with Crippen LogP contribution in [0.25, 0.3) is 0 Å². The van der Waals surface area contributed by atoms with Crippen LogP contribution in [0.2, 0.25) is 0 Å². The van der Waals surface area contributed by atoms with E-state index in [-0.39, 0.29) is 29.8 Å². The fraction of sp³-hybridized carbons (Fsp3) is 0.611. The number of carbonyl (C=O) groups is 1. The predicted molar refractivity (Wildman–Crippen MR) is 93.2 cm³/mol. The maximum absolute atomic E-state index is 12.6. The number of ether oxygens (including phenoxy) is 2. The third-order valence-corrected chi connectivity index (χ3v) is 4.21. The van der Waals surface area contributed by atoms with E-state index in [0.717, 1.165) is 44.0 Å². The smallest absolute Gasteiger partial charge is 0.422 e. The van der Waals surface area contributed by atoms with Crippen LogP contribution in [0.15, 0.2) is 18.2 Å². The minimum absolute atomic E-state index is 0.0752. The van der Waals surface area contributed by atoms with Crippen molar-refractivity contribution in [1.29, 1.82) is 0 Å². The molecule has 0 spiro atoms. The summed E-state index contributed by atoms with van der Waals surface area (Å²) in [6.45, 7) is -1.07. The Morgan fingerprint density at radius 2 is 1.76 bits per heavy atom. The number of hydrogen-bond donors (Lipinski definition) is 1. The topological polar surface area (TPSA) is 50.8 Å². The van der Waals surface area contributed by atoms with Crippen molar-refractivity contribution in [3.8, 4) is 11.5 Å². The van der Waals surface area contributed by atoms with Gasteiger partial charge in [-0.1, -0.05) is 6.42 Å². The standard InChI is InChI=1S/C18H22F6N2O3/c1-12(27)26(9-13-4-2-3-7-25-13)15-8-14(28-10-17(19,20)21)5-6-16(15)29-11-18(22,23)24/h5-6,8,13,25H,2-4,7,9-11H2,1H3. The molecule has 2 rings (SSSR count). The number of piperidine rings is 1. The van der Waals surface area contributed by atoms with E-state index in [1.165, 1.54) is 11.8 Å². The Kier molecular flexibility index (Phi) is 7.61. The molecule has 0 saturated carbocycles. The van der Waals surface area contributed by atoms with E-state index in [9.17, 15) is 31.1 Å². The largest absolute Gasteiger partial charge is 0.484 e. The first-order valence-corrected chi connectivity index (χ1v) is 8.99. The lowest BCUT2D eigenvalue weighted by Gasteiger charge is -2.31. The van der Waals surface area contributed by atoms with E-state index >= 15 is 0 Å². The van der Waals surface area contributed by atoms with Crippen molar-refractivity contribution in [2.24, 2.45) is 0 Å². The summed E-state index contributed by atoms with van der Waals surface area (Å²) < 4.78 is 84.5. The molecule has 1 saturated heterocycles. The lowest BCUT2D eigenvalue weighted by molar-refractivity contribution is -0.154. The predicted octanol–water partition coefficient (Wildman–Crippen LogP) is 4.06. The Balaban J connectivity index is 2.30. The zero-order valence-electron chi connectivity index (χ0n) is 15.7. The molecule has 5 nitrogen and oxygen atoms in total. The van der Waals surface area contributed by atoms with Gasteiger partial charge in [0.15, 0.2) is 13.2 Å². The van der Waals surface area contributed by atoms with E-state index in [1.807, 2.05) is 0 Å². The molecule has 0 aromatic heterocycles. The Morgan fingerprint density at radius 1 is 1.10 bits per heavy atom. The molecule has 1 aliphatic heterocycles. The summed E-state index contributed by atoms with van der Waals surface area (Å²) in [7, 11) is 0. The maximum Gasteiger partial charge on any atom is 0.422 e. The SMILES string of the molecule is CC(=O)N(CC1CCCCN1)c1cc(OCC(F)(F)F)ccc1OCC(F)(F)F. The van der Waals surface area contributed by atoms with Crippen LogP contribution in [-0.4, -0.2) is 50.6 Å². The summed E-state index contributed by atoms with van der Waals surface area (Å²) in [4.78, 5) is 13.4. The zero-order chi connectivity index (χ0) is 21.7. The zero-order valence-corrected chi connectivity index (χ0v) is 15.7. The number of rotatable bonds is 7. The molecule has 1 atom stereocenters. The summed E-state index contributed by atoms with van der Waals surface area (Å²) in [6, 6.07) is 3.12. The van der Waals surface area contributed by atoms with Gasteiger partial charge in [0.2, 0.25) is 5.91 Å². The second kappa shape index (κ2) is 9.55. The highest BCUT2D eigenvalue weighted by molar-refractivity contribution is 5.93. The molecule has 11 heteroatoms. The summed E-state index contributed by atoms with van der Waals surface area (Å²) >= 11 is 0. The van der Waals surface area contributed by atoms with Crippen LogP contribution in [0, 0.1) is 0 Å². The molecular weight excluding hydrogens is 406 g/mol. The van der Waals surface area contributed by atoms with Gasteiger partial charge in [0, 0.05) is 25.6 Å². The second-order valence-corrected chi connectivity index (χ2v) is 6.71. The number of halogens is 6. The number of nitrogens with zero attached hydrogens (tertiary/aromatic N) is 1. The molecular formula is C18H22F6N2O3. The van der Waals surface area contributed by atoms with Crippen molar-refractivity contribution in [2.45, 2.75) is 44.6 Å². The fourth-order valence-electron chi connectivity index (χ4n) is 2.94. The fourth-order valence-corrected chi connectivity index (χ4v) is 2.94. The summed E-state index contributed by atoms with van der Waals surface area (Å²) in [5, 5.41) is 3.21. The van der Waals surface area contributed by atoms with Gasteiger partial charge in [0.25, 0.3) is 0 Å². The minimum atomic E-state index is -4.62. The minimum Gasteiger partial charge on any atom is -0.484 e. The highest BCUT2D eigenvalue weighted by atomic mass is 19.4. The van der Waals surface area contributed by atoms with Crippen LogP contribution in [0.3, 0.4) is 0 Å². The molecule has 1 aromatic rings. The van der Waals surface area contributed by atoms with E-state index in [4.69, 9.17) is 4.74 Å². The van der Waals surface area contributed by atoms with Crippen molar-refractivity contribution in [1.82, 2.24) is 5.32 Å². The van der Waals surface area contributed by atoms with Gasteiger partial charge in [0.05, 0.1) is 5.69 Å². The average molecular weight is 428 g/mol. The molecule has 29 heavy (non-hydrogen) atoms. The monoisotopic (exact) mass is 428 g/mol. The van der Waals surface area contributed by atoms with E-state index in [0.29, 0.717) is 0 Å². The van der Waals surface area contributed by atoms with Crippen LogP contribution in [0.4, 0.5) is 32.0 Å². The van der Waals surface area contributed by atoms with Gasteiger partial charge < -0.3 is 19.7 Å². The van der Waals surface area contributed by atoms with Crippen molar-refractivity contribution >= 4 is 11.6 Å². The maximum atomic E-state index is 12.6. The van der Waals surface area contributed by atoms with Crippen molar-refractivity contribution in [3.05, 3.63) is 18.2 Å². The van der Waals surface area contributed by atoms with Gasteiger partial charge in [-0.15, -0.1) is 0 Å². The van der Waals surface area contributed by atoms with E-state index < -0.39 is 31.5 Å². The molecule has 164 valence electrons. The lowest BCUT2D eigenvalue weighted by Crippen LogP contribution is -2.45. The lowest BCUT2D eigenvalue weighted by atomic mass is 10.0. The molecule has 1 aromatic carbocycles. The van der Waals surface area contributed by atoms with Crippen LogP contribution in [-0.2, 0) is 4.79 Å². The number of benzene rings is 1. The molecule has 0 radical (unpaired) electrons. The van der Waals surface area contributed by atoms with Crippen LogP contribution < -0.4 is 19.7 Å². The van der Waals surface area contributed by atoms with Gasteiger partial charge in [-0.2, -0.15) is 26.3 Å². The summed E-state index contributed by atoms with van der Waals surface area (Å²) in [6.07, 6.45) is -6.55. The number of carbonyl (C=O) groups excluding carboxylic acids is 1. The van der Waals surface area contributed by atoms with Gasteiger partial charge in [0.1, 0.15) is 11.5 Å². The number of hydrogen-bond acceptors (Lipinski definition) is 4. The molecule has 0 bridgehead atoms. The van der Waals surface area contributed by atoms with Gasteiger partial charge in [-0.05, 0) is 31.5 Å². The number of alkyl halides is 6. The normalized spacial score (nSPS) is 17.7. The Bertz CT molecular complexity index is 687. The van der Waals surface area contributed by atoms with E-state index in [2.05, 4.69) is 10.1 Å². The number of anilines is 1. The first-order chi connectivity index (χ1) is 13.4. The molecule has 1 unspecified atom stereocenters. The average Bonchev–Trinajstić information content (AvgIpc) is 2.62. The second-order valence-electron chi connectivity index (χ2n) is 6.71. The highest BCUT2D eigenvalue weighted by Crippen LogP contribution is 2.35. The highest BCUT2D eigenvalue weighted by Gasteiger charge is 2.31. The summed E-state index contributed by atoms with van der Waals surface area (Å²) in [5.41, 5.74) is -0.0752. The van der Waals surface area contributed by atoms with Crippen LogP contribution >= 0.6 is 0 Å². The van der Waals surface area contributed by atoms with Gasteiger partial charge in [-0.3, -0.25) is 4.79 Å². The van der Waals surface area contributed by atoms with Crippen LogP contribution in [0.5, 0.6) is 11.5 Å². The molecule has 1 fully saturated rings. The molecule has 1 aliphatic rings. The van der Waals surface area contributed by atoms with Crippen molar-refractivity contribution in [2.75, 3.05) is 31.2 Å². The van der Waals surface area contributed by atoms with Crippen molar-refractivity contribution in [3.63, 3.8) is 0 Å². The third-order valence-electron chi connectivity index (χ3n) is 4.21. The molecule has 1 N–H and O–H groups in total. The van der Waals surface area contributed by atoms with Gasteiger partial charge in [-0.25, -0.2) is 0 Å². The number of amides is 1. The van der Waals surface area contributed by atoms with E-state index in [1.54, 1.807) is 0 Å². The van der Waals surface area contributed by atoms with Crippen molar-refractivity contribution < 1.29 is 40.6 Å². The van der Waals surface area contributed by atoms with Crippen LogP contribution in [0.1, 0.15) is 26.2 Å². The Labute approximate surface area is 163 Å². The first kappa shape index (κ1) is 23.1. The Hall–Kier alpha value is -2.17. The quantitative estimate of drug-likeness (QED) is 0.666. The molecule has 1 heterocycles. The third kappa shape index (κ3) is 8.00. The molecule has 1 amide bonds. The molecule has 0 aliphatic carbocycles.